The number of amides is 1. The lowest BCUT2D eigenvalue weighted by atomic mass is 10.1. The first-order chi connectivity index (χ1) is 11.1. The minimum absolute atomic E-state index is 0.000194. The Morgan fingerprint density at radius 3 is 2.65 bits per heavy atom. The number of nitrogens with one attached hydrogen (secondary N) is 1. The molecular weight excluding hydrogens is 358 g/mol. The van der Waals surface area contributed by atoms with Gasteiger partial charge in [-0.2, -0.15) is 4.80 Å². The monoisotopic (exact) mass is 371 g/mol. The van der Waals surface area contributed by atoms with Gasteiger partial charge in [0.2, 0.25) is 11.7 Å². The molecule has 1 N–H and O–H groups in total. The van der Waals surface area contributed by atoms with Crippen LogP contribution in [0.1, 0.15) is 5.56 Å². The first kappa shape index (κ1) is 15.4. The molecule has 0 saturated heterocycles. The van der Waals surface area contributed by atoms with Crippen LogP contribution in [0, 0.1) is 6.92 Å². The van der Waals surface area contributed by atoms with Gasteiger partial charge in [-0.05, 0) is 40.2 Å². The Hall–Kier alpha value is -2.54. The highest BCUT2D eigenvalue weighted by atomic mass is 79.9. The Bertz CT molecular complexity index is 828. The van der Waals surface area contributed by atoms with E-state index >= 15 is 0 Å². The second-order valence-electron chi connectivity index (χ2n) is 5.04. The average Bonchev–Trinajstić information content (AvgIpc) is 2.98. The normalized spacial score (nSPS) is 10.5. The predicted molar refractivity (Wildman–Crippen MR) is 90.8 cm³/mol. The first-order valence-corrected chi connectivity index (χ1v) is 7.80. The average molecular weight is 372 g/mol. The van der Waals surface area contributed by atoms with Crippen molar-refractivity contribution in [2.75, 3.05) is 5.32 Å². The molecule has 3 aromatic rings. The molecule has 0 fully saturated rings. The fourth-order valence-electron chi connectivity index (χ4n) is 2.01. The van der Waals surface area contributed by atoms with E-state index in [9.17, 15) is 4.79 Å². The number of benzene rings is 2. The summed E-state index contributed by atoms with van der Waals surface area (Å²) in [6, 6.07) is 15.2. The number of aryl methyl sites for hydroxylation is 1. The molecular formula is C16H14BrN5O. The molecule has 0 aliphatic carbocycles. The van der Waals surface area contributed by atoms with Gasteiger partial charge in [-0.15, -0.1) is 10.2 Å². The Kier molecular flexibility index (Phi) is 4.47. The minimum atomic E-state index is -0.218. The largest absolute Gasteiger partial charge is 0.323 e. The van der Waals surface area contributed by atoms with Crippen molar-refractivity contribution < 1.29 is 4.79 Å². The standard InChI is InChI=1S/C16H14BrN5O/c1-11-6-8-12(9-7-11)16-19-21-22(20-16)10-15(23)18-14-5-3-2-4-13(14)17/h2-9H,10H2,1H3,(H,18,23). The third-order valence-electron chi connectivity index (χ3n) is 3.20. The molecule has 0 unspecified atom stereocenters. The smallest absolute Gasteiger partial charge is 0.248 e. The lowest BCUT2D eigenvalue weighted by Gasteiger charge is -2.06. The number of carbonyl (C=O) groups is 1. The summed E-state index contributed by atoms with van der Waals surface area (Å²) in [6.45, 7) is 2.01. The molecule has 6 nitrogen and oxygen atoms in total. The van der Waals surface area contributed by atoms with Crippen LogP contribution in [0.25, 0.3) is 11.4 Å². The van der Waals surface area contributed by atoms with Crippen molar-refractivity contribution >= 4 is 27.5 Å². The van der Waals surface area contributed by atoms with E-state index in [1.165, 1.54) is 4.80 Å². The Morgan fingerprint density at radius 1 is 1.17 bits per heavy atom. The van der Waals surface area contributed by atoms with Crippen LogP contribution in [0.4, 0.5) is 5.69 Å². The summed E-state index contributed by atoms with van der Waals surface area (Å²) in [5, 5.41) is 14.9. The number of nitrogens with zero attached hydrogens (tertiary/aromatic N) is 4. The van der Waals surface area contributed by atoms with Gasteiger partial charge < -0.3 is 5.32 Å². The molecule has 1 aromatic heterocycles. The summed E-state index contributed by atoms with van der Waals surface area (Å²) in [7, 11) is 0. The molecule has 0 bridgehead atoms. The van der Waals surface area contributed by atoms with E-state index in [1.807, 2.05) is 55.5 Å². The maximum Gasteiger partial charge on any atom is 0.248 e. The summed E-state index contributed by atoms with van der Waals surface area (Å²) in [5.74, 6) is 0.281. The quantitative estimate of drug-likeness (QED) is 0.764. The van der Waals surface area contributed by atoms with Gasteiger partial charge in [0.1, 0.15) is 6.54 Å². The molecule has 116 valence electrons. The van der Waals surface area contributed by atoms with Gasteiger partial charge in [0.15, 0.2) is 0 Å². The summed E-state index contributed by atoms with van der Waals surface area (Å²) in [6.07, 6.45) is 0. The summed E-state index contributed by atoms with van der Waals surface area (Å²) >= 11 is 3.39. The molecule has 0 atom stereocenters. The van der Waals surface area contributed by atoms with E-state index in [2.05, 4.69) is 36.7 Å². The minimum Gasteiger partial charge on any atom is -0.323 e. The maximum absolute atomic E-state index is 12.1. The fraction of sp³-hybridized carbons (Fsp3) is 0.125. The molecule has 1 amide bonds. The van der Waals surface area contributed by atoms with E-state index < -0.39 is 0 Å². The number of carbonyl (C=O) groups excluding carboxylic acids is 1. The number of halogens is 1. The van der Waals surface area contributed by atoms with Crippen molar-refractivity contribution in [1.29, 1.82) is 0 Å². The number of hydrogen-bond donors (Lipinski definition) is 1. The predicted octanol–water partition coefficient (Wildman–Crippen LogP) is 3.05. The summed E-state index contributed by atoms with van der Waals surface area (Å²) in [5.41, 5.74) is 2.73. The maximum atomic E-state index is 12.1. The SMILES string of the molecule is Cc1ccc(-c2nnn(CC(=O)Nc3ccccc3Br)n2)cc1. The number of anilines is 1. The highest BCUT2D eigenvalue weighted by Crippen LogP contribution is 2.21. The number of hydrogen-bond acceptors (Lipinski definition) is 4. The topological polar surface area (TPSA) is 72.7 Å². The number of para-hydroxylation sites is 1. The lowest BCUT2D eigenvalue weighted by Crippen LogP contribution is -2.20. The van der Waals surface area contributed by atoms with Crippen LogP contribution < -0.4 is 5.32 Å². The number of rotatable bonds is 4. The molecule has 23 heavy (non-hydrogen) atoms. The van der Waals surface area contributed by atoms with Gasteiger partial charge in [-0.25, -0.2) is 0 Å². The first-order valence-electron chi connectivity index (χ1n) is 7.01. The highest BCUT2D eigenvalue weighted by Gasteiger charge is 2.10. The second-order valence-corrected chi connectivity index (χ2v) is 5.89. The summed E-state index contributed by atoms with van der Waals surface area (Å²) in [4.78, 5) is 13.3. The molecule has 1 heterocycles. The molecule has 3 rings (SSSR count). The molecule has 0 spiro atoms. The van der Waals surface area contributed by atoms with E-state index in [4.69, 9.17) is 0 Å². The number of aromatic nitrogens is 4. The zero-order valence-corrected chi connectivity index (χ0v) is 14.0. The van der Waals surface area contributed by atoms with Gasteiger partial charge in [0.05, 0.1) is 5.69 Å². The molecule has 0 radical (unpaired) electrons. The molecule has 0 saturated carbocycles. The number of tetrazole rings is 1. The van der Waals surface area contributed by atoms with Gasteiger partial charge in [-0.3, -0.25) is 4.79 Å². The van der Waals surface area contributed by atoms with E-state index in [-0.39, 0.29) is 12.5 Å². The third-order valence-corrected chi connectivity index (χ3v) is 3.89. The molecule has 2 aromatic carbocycles. The van der Waals surface area contributed by atoms with Crippen LogP contribution in [-0.2, 0) is 11.3 Å². The Labute approximate surface area is 141 Å². The zero-order chi connectivity index (χ0) is 16.2. The third kappa shape index (κ3) is 3.81. The van der Waals surface area contributed by atoms with Crippen LogP contribution in [0.15, 0.2) is 53.0 Å². The van der Waals surface area contributed by atoms with Crippen LogP contribution >= 0.6 is 15.9 Å². The van der Waals surface area contributed by atoms with Gasteiger partial charge in [0.25, 0.3) is 0 Å². The Balaban J connectivity index is 1.68. The van der Waals surface area contributed by atoms with E-state index in [1.54, 1.807) is 0 Å². The van der Waals surface area contributed by atoms with Crippen molar-refractivity contribution in [2.24, 2.45) is 0 Å². The van der Waals surface area contributed by atoms with Crippen molar-refractivity contribution in [3.8, 4) is 11.4 Å². The second kappa shape index (κ2) is 6.70. The van der Waals surface area contributed by atoms with Crippen molar-refractivity contribution in [2.45, 2.75) is 13.5 Å². The highest BCUT2D eigenvalue weighted by molar-refractivity contribution is 9.10. The molecule has 7 heteroatoms. The zero-order valence-electron chi connectivity index (χ0n) is 12.4. The van der Waals surface area contributed by atoms with Crippen molar-refractivity contribution in [3.63, 3.8) is 0 Å². The van der Waals surface area contributed by atoms with Gasteiger partial charge in [0, 0.05) is 10.0 Å². The molecule has 0 aliphatic heterocycles. The lowest BCUT2D eigenvalue weighted by molar-refractivity contribution is -0.117. The van der Waals surface area contributed by atoms with E-state index in [0.29, 0.717) is 11.5 Å². The summed E-state index contributed by atoms with van der Waals surface area (Å²) < 4.78 is 0.820. The van der Waals surface area contributed by atoms with Crippen LogP contribution in [0.5, 0.6) is 0 Å². The van der Waals surface area contributed by atoms with Crippen LogP contribution in [0.2, 0.25) is 0 Å². The van der Waals surface area contributed by atoms with E-state index in [0.717, 1.165) is 15.6 Å². The van der Waals surface area contributed by atoms with Crippen molar-refractivity contribution in [3.05, 3.63) is 58.6 Å². The van der Waals surface area contributed by atoms with Gasteiger partial charge >= 0.3 is 0 Å². The van der Waals surface area contributed by atoms with Crippen LogP contribution in [0.3, 0.4) is 0 Å². The fourth-order valence-corrected chi connectivity index (χ4v) is 2.39. The molecule has 0 aliphatic rings. The van der Waals surface area contributed by atoms with Gasteiger partial charge in [-0.1, -0.05) is 42.0 Å². The van der Waals surface area contributed by atoms with Crippen LogP contribution in [-0.4, -0.2) is 26.1 Å². The van der Waals surface area contributed by atoms with Crippen molar-refractivity contribution in [1.82, 2.24) is 20.2 Å². The Morgan fingerprint density at radius 2 is 1.91 bits per heavy atom.